The molecular formula is C22H25FN4O2. The van der Waals surface area contributed by atoms with Crippen molar-refractivity contribution in [3.05, 3.63) is 47.8 Å². The number of guanidine groups is 1. The fraction of sp³-hybridized carbons (Fsp3) is 0.364. The average molecular weight is 396 g/mol. The maximum absolute atomic E-state index is 14.1. The Labute approximate surface area is 169 Å². The van der Waals surface area contributed by atoms with E-state index in [1.54, 1.807) is 24.3 Å². The molecule has 2 unspecified atom stereocenters. The molecule has 0 spiro atoms. The fourth-order valence-electron chi connectivity index (χ4n) is 3.60. The first-order chi connectivity index (χ1) is 13.9. The number of ether oxygens (including phenoxy) is 1. The molecule has 0 bridgehead atoms. The zero-order chi connectivity index (χ0) is 21.0. The molecule has 7 heteroatoms. The summed E-state index contributed by atoms with van der Waals surface area (Å²) in [4.78, 5) is 25.6. The third-order valence-electron chi connectivity index (χ3n) is 5.13. The number of carbonyl (C=O) groups excluding carboxylic acids is 1. The van der Waals surface area contributed by atoms with Gasteiger partial charge in [0.1, 0.15) is 11.6 Å². The van der Waals surface area contributed by atoms with Crippen LogP contribution in [0.15, 0.2) is 46.4 Å². The van der Waals surface area contributed by atoms with E-state index in [4.69, 9.17) is 10.5 Å². The van der Waals surface area contributed by atoms with E-state index in [2.05, 4.69) is 15.0 Å². The number of pyridine rings is 1. The number of ketones is 1. The highest BCUT2D eigenvalue weighted by atomic mass is 19.1. The molecule has 2 atom stereocenters. The maximum Gasteiger partial charge on any atom is 0.215 e. The van der Waals surface area contributed by atoms with Gasteiger partial charge in [0, 0.05) is 30.3 Å². The lowest BCUT2D eigenvalue weighted by Crippen LogP contribution is -2.32. The second-order valence-electron chi connectivity index (χ2n) is 7.03. The average Bonchev–Trinajstić information content (AvgIpc) is 2.71. The summed E-state index contributed by atoms with van der Waals surface area (Å²) in [5.41, 5.74) is 8.65. The van der Waals surface area contributed by atoms with Gasteiger partial charge in [-0.25, -0.2) is 14.4 Å². The van der Waals surface area contributed by atoms with Gasteiger partial charge in [0.2, 0.25) is 11.8 Å². The van der Waals surface area contributed by atoms with Crippen LogP contribution in [0, 0.1) is 11.7 Å². The molecule has 0 saturated heterocycles. The number of hydrogen-bond donors (Lipinski definition) is 1. The number of benzene rings is 1. The molecule has 152 valence electrons. The number of aromatic nitrogens is 1. The van der Waals surface area contributed by atoms with Crippen LogP contribution in [0.2, 0.25) is 0 Å². The number of carbonyl (C=O) groups is 1. The molecule has 0 aliphatic heterocycles. The molecule has 0 amide bonds. The number of aliphatic imine (C=N–C) groups is 2. The van der Waals surface area contributed by atoms with E-state index in [1.165, 1.54) is 19.2 Å². The Morgan fingerprint density at radius 3 is 2.83 bits per heavy atom. The molecule has 0 radical (unpaired) electrons. The van der Waals surface area contributed by atoms with E-state index in [1.807, 2.05) is 13.8 Å². The maximum atomic E-state index is 14.1. The highest BCUT2D eigenvalue weighted by Crippen LogP contribution is 2.38. The molecule has 1 aliphatic carbocycles. The van der Waals surface area contributed by atoms with Gasteiger partial charge in [-0.2, -0.15) is 0 Å². The molecule has 1 saturated carbocycles. The number of nitrogens with zero attached hydrogens (tertiary/aromatic N) is 3. The largest absolute Gasteiger partial charge is 0.481 e. The van der Waals surface area contributed by atoms with Crippen LogP contribution in [0.3, 0.4) is 0 Å². The number of methoxy groups -OCH3 is 1. The van der Waals surface area contributed by atoms with Crippen LogP contribution in [0.1, 0.15) is 38.2 Å². The third-order valence-corrected chi connectivity index (χ3v) is 5.13. The van der Waals surface area contributed by atoms with Crippen molar-refractivity contribution in [1.29, 1.82) is 0 Å². The fourth-order valence-corrected chi connectivity index (χ4v) is 3.60. The lowest BCUT2D eigenvalue weighted by molar-refractivity contribution is -0.121. The molecule has 2 aromatic rings. The van der Waals surface area contributed by atoms with Crippen LogP contribution in [0.25, 0.3) is 11.3 Å². The molecule has 1 fully saturated rings. The SMILES string of the molecule is CCN=C(N)N=C1CC(c2ccc(F)cc2-c2cccc(OC)n2)CC(=O)C1C. The zero-order valence-corrected chi connectivity index (χ0v) is 16.9. The normalized spacial score (nSPS) is 21.4. The highest BCUT2D eigenvalue weighted by molar-refractivity contribution is 6.11. The summed E-state index contributed by atoms with van der Waals surface area (Å²) in [5, 5.41) is 0. The molecule has 6 nitrogen and oxygen atoms in total. The van der Waals surface area contributed by atoms with Gasteiger partial charge >= 0.3 is 0 Å². The Morgan fingerprint density at radius 1 is 1.31 bits per heavy atom. The summed E-state index contributed by atoms with van der Waals surface area (Å²) < 4.78 is 19.3. The lowest BCUT2D eigenvalue weighted by Gasteiger charge is -2.28. The van der Waals surface area contributed by atoms with Gasteiger partial charge < -0.3 is 10.5 Å². The number of rotatable bonds is 4. The van der Waals surface area contributed by atoms with Crippen molar-refractivity contribution in [2.24, 2.45) is 21.6 Å². The standard InChI is InChI=1S/C22H25FN4O2/c1-4-25-22(24)27-19-10-14(11-20(28)13(19)2)16-9-8-15(23)12-17(16)18-6-5-7-21(26-18)29-3/h5-9,12-14H,4,10-11H2,1-3H3,(H2,24,25). The second kappa shape index (κ2) is 8.94. The van der Waals surface area contributed by atoms with Crippen LogP contribution < -0.4 is 10.5 Å². The van der Waals surface area contributed by atoms with E-state index in [-0.39, 0.29) is 29.4 Å². The molecule has 3 rings (SSSR count). The quantitative estimate of drug-likeness (QED) is 0.629. The van der Waals surface area contributed by atoms with E-state index in [0.29, 0.717) is 42.2 Å². The van der Waals surface area contributed by atoms with Crippen molar-refractivity contribution in [3.63, 3.8) is 0 Å². The second-order valence-corrected chi connectivity index (χ2v) is 7.03. The predicted octanol–water partition coefficient (Wildman–Crippen LogP) is 3.75. The molecule has 1 heterocycles. The smallest absolute Gasteiger partial charge is 0.215 e. The van der Waals surface area contributed by atoms with Crippen LogP contribution in [-0.4, -0.2) is 36.1 Å². The Hall–Kier alpha value is -3.09. The summed E-state index contributed by atoms with van der Waals surface area (Å²) in [6, 6.07) is 9.91. The van der Waals surface area contributed by atoms with Gasteiger partial charge in [0.05, 0.1) is 18.7 Å². The summed E-state index contributed by atoms with van der Waals surface area (Å²) >= 11 is 0. The minimum absolute atomic E-state index is 0.0816. The molecule has 1 aromatic carbocycles. The molecule has 1 aliphatic rings. The van der Waals surface area contributed by atoms with E-state index >= 15 is 0 Å². The van der Waals surface area contributed by atoms with Gasteiger partial charge in [-0.05, 0) is 43.0 Å². The molecular weight excluding hydrogens is 371 g/mol. The third kappa shape index (κ3) is 4.67. The van der Waals surface area contributed by atoms with Gasteiger partial charge in [0.15, 0.2) is 0 Å². The van der Waals surface area contributed by atoms with Crippen molar-refractivity contribution >= 4 is 17.5 Å². The number of nitrogens with two attached hydrogens (primary N) is 1. The zero-order valence-electron chi connectivity index (χ0n) is 16.9. The summed E-state index contributed by atoms with van der Waals surface area (Å²) in [7, 11) is 1.53. The molecule has 2 N–H and O–H groups in total. The Bertz CT molecular complexity index is 971. The number of halogens is 1. The van der Waals surface area contributed by atoms with Gasteiger partial charge in [-0.1, -0.05) is 19.1 Å². The van der Waals surface area contributed by atoms with E-state index in [9.17, 15) is 9.18 Å². The van der Waals surface area contributed by atoms with Crippen molar-refractivity contribution in [2.75, 3.05) is 13.7 Å². The van der Waals surface area contributed by atoms with Crippen LogP contribution in [-0.2, 0) is 4.79 Å². The monoisotopic (exact) mass is 396 g/mol. The van der Waals surface area contributed by atoms with Gasteiger partial charge in [-0.3, -0.25) is 9.79 Å². The summed E-state index contributed by atoms with van der Waals surface area (Å²) in [5.74, 6) is -0.116. The predicted molar refractivity (Wildman–Crippen MR) is 112 cm³/mol. The van der Waals surface area contributed by atoms with Crippen LogP contribution in [0.4, 0.5) is 4.39 Å². The Kier molecular flexibility index (Phi) is 6.36. The molecule has 1 aromatic heterocycles. The van der Waals surface area contributed by atoms with Gasteiger partial charge in [-0.15, -0.1) is 0 Å². The Morgan fingerprint density at radius 2 is 2.10 bits per heavy atom. The van der Waals surface area contributed by atoms with E-state index < -0.39 is 0 Å². The molecule has 29 heavy (non-hydrogen) atoms. The first-order valence-corrected chi connectivity index (χ1v) is 9.63. The van der Waals surface area contributed by atoms with Crippen molar-refractivity contribution in [2.45, 2.75) is 32.6 Å². The van der Waals surface area contributed by atoms with Crippen LogP contribution >= 0.6 is 0 Å². The Balaban J connectivity index is 2.04. The minimum atomic E-state index is -0.364. The van der Waals surface area contributed by atoms with E-state index in [0.717, 1.165) is 5.56 Å². The summed E-state index contributed by atoms with van der Waals surface area (Å²) in [6.07, 6.45) is 0.906. The van der Waals surface area contributed by atoms with Crippen molar-refractivity contribution in [3.8, 4) is 17.1 Å². The lowest BCUT2D eigenvalue weighted by atomic mass is 9.75. The minimum Gasteiger partial charge on any atom is -0.481 e. The number of Topliss-reactive ketones (excluding diaryl/α,β-unsaturated/α-hetero) is 1. The van der Waals surface area contributed by atoms with Gasteiger partial charge in [0.25, 0.3) is 0 Å². The summed E-state index contributed by atoms with van der Waals surface area (Å²) in [6.45, 7) is 4.24. The first kappa shape index (κ1) is 20.6. The van der Waals surface area contributed by atoms with Crippen molar-refractivity contribution < 1.29 is 13.9 Å². The van der Waals surface area contributed by atoms with Crippen molar-refractivity contribution in [1.82, 2.24) is 4.98 Å². The topological polar surface area (TPSA) is 89.9 Å². The first-order valence-electron chi connectivity index (χ1n) is 9.63. The number of hydrogen-bond acceptors (Lipinski definition) is 4. The van der Waals surface area contributed by atoms with Crippen LogP contribution in [0.5, 0.6) is 5.88 Å². The highest BCUT2D eigenvalue weighted by Gasteiger charge is 2.33.